The number of benzene rings is 4. The minimum Gasteiger partial charge on any atom is -0.465 e. The summed E-state index contributed by atoms with van der Waals surface area (Å²) in [7, 11) is 2.97. The van der Waals surface area contributed by atoms with E-state index < -0.39 is 36.3 Å². The van der Waals surface area contributed by atoms with Crippen molar-refractivity contribution in [3.05, 3.63) is 119 Å². The Bertz CT molecular complexity index is 2080. The molecule has 6 rings (SSSR count). The molecule has 2 unspecified atom stereocenters. The average Bonchev–Trinajstić information content (AvgIpc) is 3.48. The lowest BCUT2D eigenvalue weighted by molar-refractivity contribution is -0.130. The number of likely N-dealkylation sites (N-methyl/N-ethyl adjacent to an activating group) is 2. The second-order valence-corrected chi connectivity index (χ2v) is 11.5. The van der Waals surface area contributed by atoms with Crippen LogP contribution in [0, 0.1) is 0 Å². The summed E-state index contributed by atoms with van der Waals surface area (Å²) in [5, 5.41) is 11.1. The minimum atomic E-state index is -2.98. The van der Waals surface area contributed by atoms with Gasteiger partial charge in [-0.1, -0.05) is 48.5 Å². The Morgan fingerprint density at radius 2 is 1.09 bits per heavy atom. The Hall–Kier alpha value is -6.85. The SMILES string of the molecule is CN1C(=O)C(c2ccc(OC(F)F)cc2)(c2cccc(N)c2)N=C1N.CN1C(=O)C(c2ccc(OC(F)F)cc2)(c2cccc(NC(=O)O)c2)N=C1N. The van der Waals surface area contributed by atoms with Crippen LogP contribution in [0.1, 0.15) is 22.3 Å². The number of nitrogens with one attached hydrogen (secondary N) is 1. The lowest BCUT2D eigenvalue weighted by atomic mass is 9.82. The third kappa shape index (κ3) is 7.32. The predicted octanol–water partition coefficient (Wildman–Crippen LogP) is 4.31. The van der Waals surface area contributed by atoms with Gasteiger partial charge in [0.2, 0.25) is 0 Å². The highest BCUT2D eigenvalue weighted by Crippen LogP contribution is 2.42. The van der Waals surface area contributed by atoms with Crippen molar-refractivity contribution in [3.63, 3.8) is 0 Å². The van der Waals surface area contributed by atoms with E-state index in [0.717, 1.165) is 0 Å². The van der Waals surface area contributed by atoms with Gasteiger partial charge < -0.3 is 31.8 Å². The molecule has 0 aliphatic carbocycles. The molecule has 0 spiro atoms. The number of rotatable bonds is 9. The first-order chi connectivity index (χ1) is 25.1. The first kappa shape index (κ1) is 37.4. The number of carbonyl (C=O) groups excluding carboxylic acids is 2. The molecule has 8 N–H and O–H groups in total. The molecule has 2 aliphatic rings. The van der Waals surface area contributed by atoms with E-state index >= 15 is 0 Å². The van der Waals surface area contributed by atoms with Crippen molar-refractivity contribution in [1.29, 1.82) is 0 Å². The number of amides is 3. The molecular formula is C35H32F4N8O6. The molecule has 276 valence electrons. The van der Waals surface area contributed by atoms with Crippen molar-refractivity contribution in [2.75, 3.05) is 25.1 Å². The summed E-state index contributed by atoms with van der Waals surface area (Å²) in [5.74, 6) is -0.906. The van der Waals surface area contributed by atoms with Crippen LogP contribution in [0.2, 0.25) is 0 Å². The summed E-state index contributed by atoms with van der Waals surface area (Å²) in [6.07, 6.45) is -1.27. The summed E-state index contributed by atoms with van der Waals surface area (Å²) in [6, 6.07) is 24.1. The van der Waals surface area contributed by atoms with Gasteiger partial charge in [0.15, 0.2) is 23.0 Å². The topological polar surface area (TPSA) is 211 Å². The molecule has 0 saturated carbocycles. The number of nitrogen functional groups attached to an aromatic ring is 1. The van der Waals surface area contributed by atoms with Gasteiger partial charge in [0, 0.05) is 25.5 Å². The maximum atomic E-state index is 13.1. The number of guanidine groups is 2. The van der Waals surface area contributed by atoms with Gasteiger partial charge in [0.25, 0.3) is 11.8 Å². The van der Waals surface area contributed by atoms with Crippen molar-refractivity contribution in [2.24, 2.45) is 21.5 Å². The van der Waals surface area contributed by atoms with Crippen LogP contribution in [-0.4, -0.2) is 72.1 Å². The maximum absolute atomic E-state index is 13.1. The van der Waals surface area contributed by atoms with Crippen molar-refractivity contribution in [3.8, 4) is 11.5 Å². The molecule has 4 aromatic carbocycles. The molecule has 4 aromatic rings. The molecule has 0 bridgehead atoms. The van der Waals surface area contributed by atoms with Gasteiger partial charge in [-0.3, -0.25) is 24.7 Å². The second-order valence-electron chi connectivity index (χ2n) is 11.5. The maximum Gasteiger partial charge on any atom is 0.409 e. The second kappa shape index (κ2) is 14.8. The first-order valence-corrected chi connectivity index (χ1v) is 15.4. The zero-order chi connectivity index (χ0) is 38.7. The highest BCUT2D eigenvalue weighted by molar-refractivity contribution is 6.10. The molecule has 18 heteroatoms. The minimum absolute atomic E-state index is 0.0165. The molecule has 2 heterocycles. The number of alkyl halides is 4. The largest absolute Gasteiger partial charge is 0.465 e. The zero-order valence-corrected chi connectivity index (χ0v) is 27.9. The monoisotopic (exact) mass is 736 g/mol. The van der Waals surface area contributed by atoms with E-state index in [2.05, 4.69) is 24.8 Å². The van der Waals surface area contributed by atoms with Crippen molar-refractivity contribution < 1.29 is 46.5 Å². The molecule has 0 aromatic heterocycles. The fourth-order valence-corrected chi connectivity index (χ4v) is 5.83. The number of ether oxygens (including phenoxy) is 2. The van der Waals surface area contributed by atoms with Gasteiger partial charge in [-0.15, -0.1) is 0 Å². The van der Waals surface area contributed by atoms with Crippen LogP contribution >= 0.6 is 0 Å². The van der Waals surface area contributed by atoms with Gasteiger partial charge >= 0.3 is 19.3 Å². The number of anilines is 2. The fraction of sp³-hybridized carbons (Fsp3) is 0.171. The number of hydrogen-bond donors (Lipinski definition) is 5. The Labute approximate surface area is 299 Å². The highest BCUT2D eigenvalue weighted by Gasteiger charge is 2.50. The Balaban J connectivity index is 0.000000206. The molecular weight excluding hydrogens is 704 g/mol. The van der Waals surface area contributed by atoms with Crippen molar-refractivity contribution in [2.45, 2.75) is 24.3 Å². The Kier molecular flexibility index (Phi) is 10.4. The van der Waals surface area contributed by atoms with Crippen LogP contribution in [0.5, 0.6) is 11.5 Å². The van der Waals surface area contributed by atoms with E-state index in [0.29, 0.717) is 27.9 Å². The third-order valence-corrected chi connectivity index (χ3v) is 8.31. The number of nitrogens with zero attached hydrogens (tertiary/aromatic N) is 4. The molecule has 3 amide bonds. The summed E-state index contributed by atoms with van der Waals surface area (Å²) >= 11 is 0. The average molecular weight is 737 g/mol. The molecule has 53 heavy (non-hydrogen) atoms. The molecule has 0 saturated heterocycles. The standard InChI is InChI=1S/C18H16F2N4O4.C17H16F2N4O2/c1-24-14(25)18(23-16(24)21,10-5-7-13(8-6-10)28-15(19)20)11-3-2-4-12(9-11)22-17(26)27;1-23-14(24)17(22-16(23)21,11-3-2-4-12(20)9-11)10-5-7-13(8-6-10)25-15(18)19/h2-9,15,22H,1H3,(H2,21,23)(H,26,27);2-9,15H,20H2,1H3,(H2,21,22). The van der Waals surface area contributed by atoms with Crippen LogP contribution in [0.25, 0.3) is 0 Å². The number of aliphatic imine (C=N–C) groups is 2. The van der Waals surface area contributed by atoms with Gasteiger partial charge in [-0.2, -0.15) is 17.6 Å². The molecule has 0 fully saturated rings. The molecule has 14 nitrogen and oxygen atoms in total. The van der Waals surface area contributed by atoms with Crippen molar-refractivity contribution >= 4 is 41.2 Å². The Morgan fingerprint density at radius 1 is 0.679 bits per heavy atom. The zero-order valence-electron chi connectivity index (χ0n) is 27.9. The first-order valence-electron chi connectivity index (χ1n) is 15.4. The summed E-state index contributed by atoms with van der Waals surface area (Å²) in [4.78, 5) is 48.1. The number of hydrogen-bond acceptors (Lipinski definition) is 10. The Morgan fingerprint density at radius 3 is 1.45 bits per heavy atom. The highest BCUT2D eigenvalue weighted by atomic mass is 19.3. The molecule has 0 radical (unpaired) electrons. The number of carbonyl (C=O) groups is 3. The van der Waals surface area contributed by atoms with Gasteiger partial charge in [0.1, 0.15) is 11.5 Å². The summed E-state index contributed by atoms with van der Waals surface area (Å²) in [6.45, 7) is -5.91. The van der Waals surface area contributed by atoms with Crippen LogP contribution in [0.15, 0.2) is 107 Å². The molecule has 2 aliphatic heterocycles. The van der Waals surface area contributed by atoms with E-state index in [1.807, 2.05) is 0 Å². The van der Waals surface area contributed by atoms with Gasteiger partial charge in [-0.25, -0.2) is 14.8 Å². The number of carboxylic acid groups (broad SMARTS) is 1. The fourth-order valence-electron chi connectivity index (χ4n) is 5.83. The lowest BCUT2D eigenvalue weighted by Gasteiger charge is -2.26. The number of nitrogens with two attached hydrogens (primary N) is 3. The van der Waals surface area contributed by atoms with Crippen molar-refractivity contribution in [1.82, 2.24) is 9.80 Å². The number of halogens is 4. The quantitative estimate of drug-likeness (QED) is 0.122. The van der Waals surface area contributed by atoms with Crippen LogP contribution < -0.4 is 32.0 Å². The van der Waals surface area contributed by atoms with Crippen LogP contribution in [0.4, 0.5) is 33.7 Å². The van der Waals surface area contributed by atoms with E-state index in [1.54, 1.807) is 36.4 Å². The lowest BCUT2D eigenvalue weighted by Crippen LogP contribution is -2.41. The van der Waals surface area contributed by atoms with Crippen LogP contribution in [0.3, 0.4) is 0 Å². The van der Waals surface area contributed by atoms with Gasteiger partial charge in [0.05, 0.1) is 0 Å². The van der Waals surface area contributed by atoms with Crippen LogP contribution in [-0.2, 0) is 20.7 Å². The molecule has 2 atom stereocenters. The van der Waals surface area contributed by atoms with E-state index in [-0.39, 0.29) is 35.0 Å². The smallest absolute Gasteiger partial charge is 0.409 e. The summed E-state index contributed by atoms with van der Waals surface area (Å²) < 4.78 is 58.2. The predicted molar refractivity (Wildman–Crippen MR) is 185 cm³/mol. The van der Waals surface area contributed by atoms with E-state index in [1.165, 1.54) is 84.6 Å². The van der Waals surface area contributed by atoms with Gasteiger partial charge in [-0.05, 0) is 70.8 Å². The normalized spacial score (nSPS) is 19.5. The third-order valence-electron chi connectivity index (χ3n) is 8.31. The van der Waals surface area contributed by atoms with E-state index in [4.69, 9.17) is 22.3 Å². The summed E-state index contributed by atoms with van der Waals surface area (Å²) in [5.41, 5.74) is 17.0. The van der Waals surface area contributed by atoms with E-state index in [9.17, 15) is 31.9 Å².